The highest BCUT2D eigenvalue weighted by molar-refractivity contribution is 6.72. The van der Waals surface area contributed by atoms with Crippen LogP contribution in [0.2, 0.25) is 0 Å². The molecule has 0 spiro atoms. The molecule has 13 heteroatoms. The Balaban J connectivity index is 1.77. The highest BCUT2D eigenvalue weighted by Gasteiger charge is 2.40. The van der Waals surface area contributed by atoms with Gasteiger partial charge in [-0.05, 0) is 79.7 Å². The van der Waals surface area contributed by atoms with Gasteiger partial charge in [-0.1, -0.05) is 72.8 Å². The van der Waals surface area contributed by atoms with Crippen LogP contribution < -0.4 is 18.9 Å². The fourth-order valence-electron chi connectivity index (χ4n) is 4.96. The summed E-state index contributed by atoms with van der Waals surface area (Å²) in [6, 6.07) is 30.9. The zero-order valence-corrected chi connectivity index (χ0v) is 33.1. The van der Waals surface area contributed by atoms with Gasteiger partial charge in [-0.25, -0.2) is 0 Å². The Morgan fingerprint density at radius 3 is 0.774 bits per heavy atom. The molecule has 0 saturated carbocycles. The van der Waals surface area contributed by atoms with Crippen LogP contribution in [-0.2, 0) is 26.2 Å². The van der Waals surface area contributed by atoms with Gasteiger partial charge in [-0.3, -0.25) is 0 Å². The minimum absolute atomic E-state index is 0.00869. The van der Waals surface area contributed by atoms with Crippen molar-refractivity contribution in [1.29, 1.82) is 0 Å². The normalized spacial score (nSPS) is 13.4. The Morgan fingerprint density at radius 1 is 0.358 bits per heavy atom. The summed E-state index contributed by atoms with van der Waals surface area (Å²) in [6.45, 7) is 16.7. The number of rotatable bonds is 20. The van der Waals surface area contributed by atoms with Crippen LogP contribution in [0.25, 0.3) is 0 Å². The van der Waals surface area contributed by atoms with Gasteiger partial charge in [0.25, 0.3) is 0 Å². The van der Waals surface area contributed by atoms with E-state index in [0.29, 0.717) is 0 Å². The van der Waals surface area contributed by atoms with E-state index in [9.17, 15) is 0 Å². The van der Waals surface area contributed by atoms with Gasteiger partial charge in [-0.15, -0.1) is 0 Å². The zero-order chi connectivity index (χ0) is 38.1. The van der Waals surface area contributed by atoms with Crippen molar-refractivity contribution in [2.75, 3.05) is 0 Å². The molecule has 0 aliphatic heterocycles. The van der Waals surface area contributed by atoms with Crippen LogP contribution in [0.5, 0.6) is 23.0 Å². The quantitative estimate of drug-likeness (QED) is 0.0659. The molecule has 0 unspecified atom stereocenters. The largest absolute Gasteiger partial charge is 0.650 e. The van der Waals surface area contributed by atoms with Crippen molar-refractivity contribution in [3.05, 3.63) is 119 Å². The first-order chi connectivity index (χ1) is 25.5. The van der Waals surface area contributed by atoms with Crippen LogP contribution in [-0.4, -0.2) is 33.1 Å². The maximum absolute atomic E-state index is 6.03. The average molecular weight is 737 g/mol. The number of para-hydroxylation sites is 4. The number of hydrogen-bond donors (Lipinski definition) is 0. The zero-order valence-electron chi connectivity index (χ0n) is 32.1. The fourth-order valence-corrected chi connectivity index (χ4v) is 6.24. The van der Waals surface area contributed by atoms with E-state index in [1.807, 2.05) is 152 Å². The molecule has 0 aliphatic carbocycles. The van der Waals surface area contributed by atoms with Crippen molar-refractivity contribution in [2.45, 2.75) is 106 Å². The second kappa shape index (κ2) is 20.7. The van der Waals surface area contributed by atoms with Crippen molar-refractivity contribution in [1.82, 2.24) is 0 Å². The predicted molar refractivity (Wildman–Crippen MR) is 209 cm³/mol. The lowest BCUT2D eigenvalue weighted by Gasteiger charge is -2.14. The second-order valence-corrected chi connectivity index (χ2v) is 15.3. The summed E-state index contributed by atoms with van der Waals surface area (Å²) in [6.07, 6.45) is -0.0348. The summed E-state index contributed by atoms with van der Waals surface area (Å²) in [5, 5.41) is 18.4. The summed E-state index contributed by atoms with van der Waals surface area (Å²) < 4.78 is 43.0. The maximum atomic E-state index is 6.03. The summed E-state index contributed by atoms with van der Waals surface area (Å²) in [5.41, 5.74) is 3.44. The molecule has 4 aromatic carbocycles. The lowest BCUT2D eigenvalue weighted by Crippen LogP contribution is -2.24. The SMILES string of the molecule is CC(C)Oc1ccccc1CN=N[Si](N=NCc1ccccc1OC(C)C)(N=NCc1ccccc1OC(C)C)N=NCc1ccccc1OC(C)C. The number of ether oxygens (including phenoxy) is 4. The Bertz CT molecular complexity index is 1580. The molecule has 0 bridgehead atoms. The minimum atomic E-state index is -3.94. The van der Waals surface area contributed by atoms with Crippen molar-refractivity contribution >= 4 is 8.72 Å². The molecule has 280 valence electrons. The fraction of sp³-hybridized carbons (Fsp3) is 0.400. The van der Waals surface area contributed by atoms with Gasteiger partial charge in [-0.2, -0.15) is 39.6 Å². The van der Waals surface area contributed by atoms with E-state index in [1.165, 1.54) is 0 Å². The van der Waals surface area contributed by atoms with Gasteiger partial charge in [0.15, 0.2) is 0 Å². The molecule has 4 rings (SSSR count). The highest BCUT2D eigenvalue weighted by atomic mass is 28.4. The molecule has 0 heterocycles. The summed E-state index contributed by atoms with van der Waals surface area (Å²) in [4.78, 5) is 0. The molecular weight excluding hydrogens is 685 g/mol. The Hall–Kier alpha value is -5.30. The average Bonchev–Trinajstić information content (AvgIpc) is 3.10. The third-order valence-corrected chi connectivity index (χ3v) is 8.76. The van der Waals surface area contributed by atoms with Crippen LogP contribution in [0.4, 0.5) is 0 Å². The van der Waals surface area contributed by atoms with Crippen LogP contribution >= 0.6 is 0 Å². The number of nitrogens with zero attached hydrogens (tertiary/aromatic N) is 8. The van der Waals surface area contributed by atoms with Crippen molar-refractivity contribution in [2.24, 2.45) is 39.6 Å². The van der Waals surface area contributed by atoms with E-state index < -0.39 is 8.72 Å². The van der Waals surface area contributed by atoms with E-state index in [2.05, 4.69) is 20.5 Å². The molecule has 53 heavy (non-hydrogen) atoms. The molecule has 0 N–H and O–H groups in total. The first-order valence-electron chi connectivity index (χ1n) is 18.1. The first kappa shape index (κ1) is 40.5. The highest BCUT2D eigenvalue weighted by Crippen LogP contribution is 2.26. The Kier molecular flexibility index (Phi) is 15.8. The van der Waals surface area contributed by atoms with Gasteiger partial charge in [0.2, 0.25) is 0 Å². The summed E-state index contributed by atoms with van der Waals surface area (Å²) >= 11 is 0. The van der Waals surface area contributed by atoms with Gasteiger partial charge in [0.05, 0.1) is 50.6 Å². The monoisotopic (exact) mass is 736 g/mol. The van der Waals surface area contributed by atoms with E-state index in [1.54, 1.807) is 0 Å². The van der Waals surface area contributed by atoms with Gasteiger partial charge < -0.3 is 18.9 Å². The van der Waals surface area contributed by atoms with Crippen molar-refractivity contribution < 1.29 is 18.9 Å². The minimum Gasteiger partial charge on any atom is -0.491 e. The van der Waals surface area contributed by atoms with E-state index in [-0.39, 0.29) is 50.6 Å². The van der Waals surface area contributed by atoms with Crippen LogP contribution in [0.1, 0.15) is 77.6 Å². The molecule has 0 aromatic heterocycles. The smallest absolute Gasteiger partial charge is 0.491 e. The standard InChI is InChI=1S/C40H52N8O4Si/c1-29(2)49-37-21-13-9-17-33(37)25-41-45-53(46-42-26-34-18-10-14-22-38(34)50-30(3)4,47-43-27-35-19-11-15-23-39(35)51-31(5)6)48-44-28-36-20-12-16-24-40(36)52-32(7)8/h9-24,29-32H,25-28H2,1-8H3. The topological polar surface area (TPSA) is 136 Å². The molecule has 0 aliphatic rings. The number of benzene rings is 4. The van der Waals surface area contributed by atoms with E-state index in [0.717, 1.165) is 45.3 Å². The molecule has 0 atom stereocenters. The molecule has 0 amide bonds. The lowest BCUT2D eigenvalue weighted by atomic mass is 10.2. The molecule has 12 nitrogen and oxygen atoms in total. The summed E-state index contributed by atoms with van der Waals surface area (Å²) in [7, 11) is -3.94. The van der Waals surface area contributed by atoms with Crippen LogP contribution in [0.15, 0.2) is 137 Å². The van der Waals surface area contributed by atoms with Gasteiger partial charge in [0, 0.05) is 22.3 Å². The maximum Gasteiger partial charge on any atom is 0.650 e. The third-order valence-electron chi connectivity index (χ3n) is 7.12. The molecule has 4 aromatic rings. The molecule has 0 radical (unpaired) electrons. The molecule has 0 saturated heterocycles. The Labute approximate surface area is 314 Å². The lowest BCUT2D eigenvalue weighted by molar-refractivity contribution is 0.239. The van der Waals surface area contributed by atoms with Gasteiger partial charge >= 0.3 is 8.72 Å². The summed E-state index contributed by atoms with van der Waals surface area (Å²) in [5.74, 6) is 2.90. The van der Waals surface area contributed by atoms with Crippen LogP contribution in [0, 0.1) is 0 Å². The third kappa shape index (κ3) is 13.6. The van der Waals surface area contributed by atoms with E-state index >= 15 is 0 Å². The van der Waals surface area contributed by atoms with Crippen LogP contribution in [0.3, 0.4) is 0 Å². The Morgan fingerprint density at radius 2 is 0.566 bits per heavy atom. The predicted octanol–water partition coefficient (Wildman–Crippen LogP) is 11.2. The van der Waals surface area contributed by atoms with Crippen molar-refractivity contribution in [3.8, 4) is 23.0 Å². The first-order valence-corrected chi connectivity index (χ1v) is 19.8. The second-order valence-electron chi connectivity index (χ2n) is 13.3. The van der Waals surface area contributed by atoms with E-state index in [4.69, 9.17) is 38.1 Å². The van der Waals surface area contributed by atoms with Crippen molar-refractivity contribution in [3.63, 3.8) is 0 Å². The number of hydrogen-bond acceptors (Lipinski definition) is 12. The van der Waals surface area contributed by atoms with Gasteiger partial charge in [0.1, 0.15) is 23.0 Å². The molecule has 0 fully saturated rings. The molecular formula is C40H52N8O4Si.